The van der Waals surface area contributed by atoms with E-state index in [-0.39, 0.29) is 0 Å². The maximum atomic E-state index is 2.54. The van der Waals surface area contributed by atoms with Crippen molar-refractivity contribution in [3.63, 3.8) is 0 Å². The third-order valence-electron chi connectivity index (χ3n) is 13.3. The third-order valence-corrected chi connectivity index (χ3v) is 13.3. The van der Waals surface area contributed by atoms with E-state index < -0.39 is 5.41 Å². The Hall–Kier alpha value is -8.26. The molecule has 0 radical (unpaired) electrons. The monoisotopic (exact) mass is 813 g/mol. The zero-order valence-electron chi connectivity index (χ0n) is 35.3. The molecule has 1 nitrogen and oxygen atoms in total. The Balaban J connectivity index is 1.21. The molecule has 64 heavy (non-hydrogen) atoms. The molecule has 0 amide bonds. The summed E-state index contributed by atoms with van der Waals surface area (Å²) < 4.78 is 0. The van der Waals surface area contributed by atoms with Crippen molar-refractivity contribution in [2.75, 3.05) is 4.90 Å². The molecule has 0 spiro atoms. The summed E-state index contributed by atoms with van der Waals surface area (Å²) in [5.41, 5.74) is 17.4. The van der Waals surface area contributed by atoms with Gasteiger partial charge >= 0.3 is 0 Å². The maximum Gasteiger partial charge on any atom is 0.0714 e. The van der Waals surface area contributed by atoms with Crippen molar-refractivity contribution in [2.24, 2.45) is 0 Å². The Morgan fingerprint density at radius 2 is 0.688 bits per heavy atom. The SMILES string of the molecule is c1ccc(-c2cccc(N(c3ccc4c(c3)C(c3ccccc3)(c3ccccc3)c3cc(-c5ccccc5)ccc3-4)c3c(-c4ccccc4)c4ccccc4c4ccccc34)c2)cc1. The van der Waals surface area contributed by atoms with E-state index >= 15 is 0 Å². The molecule has 11 aromatic rings. The van der Waals surface area contributed by atoms with Crippen molar-refractivity contribution < 1.29 is 0 Å². The van der Waals surface area contributed by atoms with Gasteiger partial charge in [-0.05, 0) is 108 Å². The predicted octanol–water partition coefficient (Wildman–Crippen LogP) is 16.8. The standard InChI is InChI=1S/C63H43N/c1-6-21-44(22-7-1)47-27-20-32-51(41-47)64(62-58-36-19-17-34-54(58)53-33-16-18-35-57(53)61(62)46-25-10-3-11-26-46)52-38-40-56-55-39-37-48(45-23-8-2-9-24-45)42-59(55)63(60(56)43-52,49-28-12-4-13-29-49)50-30-14-5-15-31-50/h1-43H. The number of rotatable bonds is 8. The summed E-state index contributed by atoms with van der Waals surface area (Å²) in [5, 5.41) is 4.88. The zero-order valence-corrected chi connectivity index (χ0v) is 35.3. The molecule has 0 aromatic heterocycles. The smallest absolute Gasteiger partial charge is 0.0714 e. The molecule has 0 bridgehead atoms. The summed E-state index contributed by atoms with van der Waals surface area (Å²) in [5.74, 6) is 0. The van der Waals surface area contributed by atoms with E-state index in [9.17, 15) is 0 Å². The van der Waals surface area contributed by atoms with Crippen LogP contribution in [0, 0.1) is 0 Å². The number of hydrogen-bond donors (Lipinski definition) is 0. The quantitative estimate of drug-likeness (QED) is 0.138. The van der Waals surface area contributed by atoms with E-state index in [1.807, 2.05) is 0 Å². The summed E-state index contributed by atoms with van der Waals surface area (Å²) in [4.78, 5) is 2.54. The third kappa shape index (κ3) is 6.01. The van der Waals surface area contributed by atoms with E-state index in [1.165, 1.54) is 88.3 Å². The summed E-state index contributed by atoms with van der Waals surface area (Å²) in [6.45, 7) is 0. The van der Waals surface area contributed by atoms with Gasteiger partial charge in [0.15, 0.2) is 0 Å². The molecule has 300 valence electrons. The van der Waals surface area contributed by atoms with Crippen LogP contribution in [0.5, 0.6) is 0 Å². The maximum absolute atomic E-state index is 2.54. The van der Waals surface area contributed by atoms with Crippen molar-refractivity contribution >= 4 is 38.6 Å². The van der Waals surface area contributed by atoms with E-state index in [0.717, 1.165) is 17.1 Å². The molecule has 0 N–H and O–H groups in total. The van der Waals surface area contributed by atoms with Crippen LogP contribution in [-0.4, -0.2) is 0 Å². The first kappa shape index (κ1) is 37.5. The van der Waals surface area contributed by atoms with E-state index in [2.05, 4.69) is 266 Å². The van der Waals surface area contributed by atoms with Crippen molar-refractivity contribution in [1.29, 1.82) is 0 Å². The van der Waals surface area contributed by atoms with E-state index in [0.29, 0.717) is 0 Å². The van der Waals surface area contributed by atoms with Gasteiger partial charge in [0.2, 0.25) is 0 Å². The molecule has 0 aliphatic heterocycles. The van der Waals surface area contributed by atoms with Crippen LogP contribution in [-0.2, 0) is 5.41 Å². The van der Waals surface area contributed by atoms with Crippen LogP contribution in [0.2, 0.25) is 0 Å². The van der Waals surface area contributed by atoms with E-state index in [1.54, 1.807) is 0 Å². The van der Waals surface area contributed by atoms with Gasteiger partial charge in [-0.3, -0.25) is 0 Å². The summed E-state index contributed by atoms with van der Waals surface area (Å²) in [6, 6.07) is 96.1. The average Bonchev–Trinajstić information content (AvgIpc) is 3.67. The molecule has 1 aliphatic carbocycles. The van der Waals surface area contributed by atoms with Gasteiger partial charge in [0.25, 0.3) is 0 Å². The fourth-order valence-corrected chi connectivity index (χ4v) is 10.5. The fraction of sp³-hybridized carbons (Fsp3) is 0.0159. The van der Waals surface area contributed by atoms with Gasteiger partial charge < -0.3 is 4.90 Å². The predicted molar refractivity (Wildman–Crippen MR) is 270 cm³/mol. The number of fused-ring (bicyclic) bond motifs is 6. The van der Waals surface area contributed by atoms with Crippen LogP contribution < -0.4 is 4.90 Å². The molecule has 0 atom stereocenters. The largest absolute Gasteiger partial charge is 0.309 e. The minimum absolute atomic E-state index is 0.612. The lowest BCUT2D eigenvalue weighted by atomic mass is 9.67. The minimum atomic E-state index is -0.612. The average molecular weight is 814 g/mol. The van der Waals surface area contributed by atoms with Crippen LogP contribution in [0.25, 0.3) is 66.1 Å². The number of nitrogens with zero attached hydrogens (tertiary/aromatic N) is 1. The molecule has 0 heterocycles. The molecular formula is C63H43N. The number of anilines is 3. The van der Waals surface area contributed by atoms with Gasteiger partial charge in [-0.25, -0.2) is 0 Å². The second-order valence-electron chi connectivity index (χ2n) is 16.8. The van der Waals surface area contributed by atoms with Gasteiger partial charge in [-0.2, -0.15) is 0 Å². The van der Waals surface area contributed by atoms with Crippen molar-refractivity contribution in [1.82, 2.24) is 0 Å². The van der Waals surface area contributed by atoms with Crippen molar-refractivity contribution in [3.8, 4) is 44.5 Å². The Morgan fingerprint density at radius 1 is 0.266 bits per heavy atom. The van der Waals surface area contributed by atoms with Crippen molar-refractivity contribution in [2.45, 2.75) is 5.41 Å². The fourth-order valence-electron chi connectivity index (χ4n) is 10.5. The summed E-state index contributed by atoms with van der Waals surface area (Å²) >= 11 is 0. The first-order valence-electron chi connectivity index (χ1n) is 22.2. The number of benzene rings is 11. The Bertz CT molecular complexity index is 3430. The Kier molecular flexibility index (Phi) is 9.13. The second kappa shape index (κ2) is 15.6. The zero-order chi connectivity index (χ0) is 42.5. The van der Waals surface area contributed by atoms with Gasteiger partial charge in [-0.1, -0.05) is 231 Å². The highest BCUT2D eigenvalue weighted by Crippen LogP contribution is 2.59. The molecular weight excluding hydrogens is 771 g/mol. The second-order valence-corrected chi connectivity index (χ2v) is 16.8. The first-order chi connectivity index (χ1) is 31.8. The van der Waals surface area contributed by atoms with Gasteiger partial charge in [0, 0.05) is 22.3 Å². The van der Waals surface area contributed by atoms with Crippen LogP contribution >= 0.6 is 0 Å². The molecule has 0 saturated heterocycles. The Morgan fingerprint density at radius 3 is 1.28 bits per heavy atom. The lowest BCUT2D eigenvalue weighted by molar-refractivity contribution is 0.768. The molecule has 0 saturated carbocycles. The Labute approximate surface area is 374 Å². The molecule has 11 aromatic carbocycles. The normalized spacial score (nSPS) is 12.5. The molecule has 12 rings (SSSR count). The van der Waals surface area contributed by atoms with Crippen LogP contribution in [0.4, 0.5) is 17.1 Å². The van der Waals surface area contributed by atoms with Gasteiger partial charge in [0.05, 0.1) is 11.1 Å². The van der Waals surface area contributed by atoms with E-state index in [4.69, 9.17) is 0 Å². The molecule has 1 heteroatoms. The highest BCUT2D eigenvalue weighted by Gasteiger charge is 2.46. The highest BCUT2D eigenvalue weighted by atomic mass is 15.1. The van der Waals surface area contributed by atoms with Crippen LogP contribution in [0.3, 0.4) is 0 Å². The lowest BCUT2D eigenvalue weighted by Gasteiger charge is -2.35. The van der Waals surface area contributed by atoms with Crippen LogP contribution in [0.15, 0.2) is 261 Å². The minimum Gasteiger partial charge on any atom is -0.309 e. The first-order valence-corrected chi connectivity index (χ1v) is 22.2. The van der Waals surface area contributed by atoms with Crippen molar-refractivity contribution in [3.05, 3.63) is 283 Å². The highest BCUT2D eigenvalue weighted by molar-refractivity contribution is 6.22. The molecule has 1 aliphatic rings. The number of hydrogen-bond acceptors (Lipinski definition) is 1. The summed E-state index contributed by atoms with van der Waals surface area (Å²) in [7, 11) is 0. The molecule has 0 fully saturated rings. The van der Waals surface area contributed by atoms with Gasteiger partial charge in [-0.15, -0.1) is 0 Å². The molecule has 0 unspecified atom stereocenters. The van der Waals surface area contributed by atoms with Gasteiger partial charge in [0.1, 0.15) is 0 Å². The van der Waals surface area contributed by atoms with Crippen LogP contribution in [0.1, 0.15) is 22.3 Å². The summed E-state index contributed by atoms with van der Waals surface area (Å²) in [6.07, 6.45) is 0. The topological polar surface area (TPSA) is 3.24 Å². The lowest BCUT2D eigenvalue weighted by Crippen LogP contribution is -2.29.